The first-order valence-corrected chi connectivity index (χ1v) is 7.77. The summed E-state index contributed by atoms with van der Waals surface area (Å²) in [6.07, 6.45) is 1.82. The predicted molar refractivity (Wildman–Crippen MR) is 97.7 cm³/mol. The number of benzene rings is 2. The fraction of sp³-hybridized carbons (Fsp3) is 0.143. The molecule has 0 aliphatic heterocycles. The zero-order valence-electron chi connectivity index (χ0n) is 13.7. The first kappa shape index (κ1) is 15.2. The summed E-state index contributed by atoms with van der Waals surface area (Å²) in [7, 11) is 0. The number of nitrogens with zero attached hydrogens (tertiary/aromatic N) is 2. The molecule has 2 heteroatoms. The first-order chi connectivity index (χ1) is 11.1. The van der Waals surface area contributed by atoms with E-state index in [9.17, 15) is 0 Å². The summed E-state index contributed by atoms with van der Waals surface area (Å²) in [6.45, 7) is 6.19. The average Bonchev–Trinajstić information content (AvgIpc) is 2.55. The maximum absolute atomic E-state index is 4.42. The topological polar surface area (TPSA) is 25.8 Å². The standard InChI is InChI=1S/C11H11N.C10H9N/c1-8-3-6-11-10(7-8)5-4-9(2)12-11;1-8-4-5-9-3-2-6-11-10(9)7-8/h3-7H,1-2H3;2-7H,1H3. The monoisotopic (exact) mass is 300 g/mol. The SMILES string of the molecule is Cc1ccc2cccnc2c1.Cc1ccc2nc(C)ccc2c1. The van der Waals surface area contributed by atoms with Crippen LogP contribution in [0.15, 0.2) is 66.9 Å². The summed E-state index contributed by atoms with van der Waals surface area (Å²) in [4.78, 5) is 8.66. The largest absolute Gasteiger partial charge is 0.256 e. The van der Waals surface area contributed by atoms with E-state index in [2.05, 4.69) is 72.3 Å². The molecular formula is C21H20N2. The maximum Gasteiger partial charge on any atom is 0.0705 e. The van der Waals surface area contributed by atoms with Gasteiger partial charge in [-0.2, -0.15) is 0 Å². The molecule has 0 fully saturated rings. The van der Waals surface area contributed by atoms with Gasteiger partial charge in [-0.05, 0) is 56.7 Å². The summed E-state index contributed by atoms with van der Waals surface area (Å²) in [5.41, 5.74) is 5.78. The normalized spacial score (nSPS) is 10.4. The third-order valence-corrected chi connectivity index (χ3v) is 3.75. The smallest absolute Gasteiger partial charge is 0.0705 e. The van der Waals surface area contributed by atoms with Gasteiger partial charge in [-0.25, -0.2) is 0 Å². The average molecular weight is 300 g/mol. The van der Waals surface area contributed by atoms with Gasteiger partial charge >= 0.3 is 0 Å². The van der Waals surface area contributed by atoms with Crippen molar-refractivity contribution in [3.05, 3.63) is 83.7 Å². The Labute approximate surface area is 136 Å². The van der Waals surface area contributed by atoms with Crippen molar-refractivity contribution in [2.75, 3.05) is 0 Å². The van der Waals surface area contributed by atoms with Crippen molar-refractivity contribution in [1.29, 1.82) is 0 Å². The van der Waals surface area contributed by atoms with Crippen molar-refractivity contribution in [1.82, 2.24) is 9.97 Å². The number of hydrogen-bond acceptors (Lipinski definition) is 2. The molecule has 0 atom stereocenters. The van der Waals surface area contributed by atoms with Crippen molar-refractivity contribution >= 4 is 21.8 Å². The second-order valence-electron chi connectivity index (χ2n) is 5.85. The van der Waals surface area contributed by atoms with Crippen LogP contribution in [0.4, 0.5) is 0 Å². The van der Waals surface area contributed by atoms with Gasteiger partial charge in [0.15, 0.2) is 0 Å². The third-order valence-electron chi connectivity index (χ3n) is 3.75. The third kappa shape index (κ3) is 3.72. The molecule has 0 aliphatic rings. The first-order valence-electron chi connectivity index (χ1n) is 7.77. The van der Waals surface area contributed by atoms with Crippen LogP contribution in [0.1, 0.15) is 16.8 Å². The second kappa shape index (κ2) is 6.57. The van der Waals surface area contributed by atoms with Crippen LogP contribution in [-0.2, 0) is 0 Å². The Hall–Kier alpha value is -2.74. The number of aryl methyl sites for hydroxylation is 3. The molecule has 0 N–H and O–H groups in total. The lowest BCUT2D eigenvalue weighted by atomic mass is 10.1. The van der Waals surface area contributed by atoms with Gasteiger partial charge in [0.05, 0.1) is 11.0 Å². The Balaban J connectivity index is 0.000000136. The summed E-state index contributed by atoms with van der Waals surface area (Å²) in [5.74, 6) is 0. The highest BCUT2D eigenvalue weighted by atomic mass is 14.7. The molecule has 23 heavy (non-hydrogen) atoms. The van der Waals surface area contributed by atoms with Crippen LogP contribution < -0.4 is 0 Å². The summed E-state index contributed by atoms with van der Waals surface area (Å²) >= 11 is 0. The van der Waals surface area contributed by atoms with Crippen molar-refractivity contribution in [2.24, 2.45) is 0 Å². The Morgan fingerprint density at radius 1 is 0.652 bits per heavy atom. The van der Waals surface area contributed by atoms with Crippen LogP contribution in [0.3, 0.4) is 0 Å². The van der Waals surface area contributed by atoms with Crippen LogP contribution in [-0.4, -0.2) is 9.97 Å². The molecule has 4 aromatic rings. The molecule has 2 heterocycles. The van der Waals surface area contributed by atoms with E-state index in [1.807, 2.05) is 25.3 Å². The molecule has 2 aromatic carbocycles. The van der Waals surface area contributed by atoms with Gasteiger partial charge in [-0.15, -0.1) is 0 Å². The van der Waals surface area contributed by atoms with E-state index in [-0.39, 0.29) is 0 Å². The van der Waals surface area contributed by atoms with Gasteiger partial charge in [0.2, 0.25) is 0 Å². The van der Waals surface area contributed by atoms with Gasteiger partial charge in [-0.3, -0.25) is 9.97 Å². The molecule has 114 valence electrons. The van der Waals surface area contributed by atoms with Crippen LogP contribution in [0.2, 0.25) is 0 Å². The van der Waals surface area contributed by atoms with Crippen molar-refractivity contribution in [2.45, 2.75) is 20.8 Å². The highest BCUT2D eigenvalue weighted by Crippen LogP contribution is 2.14. The molecule has 0 amide bonds. The predicted octanol–water partition coefficient (Wildman–Crippen LogP) is 5.39. The number of fused-ring (bicyclic) bond motifs is 2. The van der Waals surface area contributed by atoms with E-state index in [0.29, 0.717) is 0 Å². The zero-order valence-corrected chi connectivity index (χ0v) is 13.7. The summed E-state index contributed by atoms with van der Waals surface area (Å²) in [5, 5.41) is 2.43. The molecular weight excluding hydrogens is 280 g/mol. The number of hydrogen-bond donors (Lipinski definition) is 0. The fourth-order valence-electron chi connectivity index (χ4n) is 2.52. The maximum atomic E-state index is 4.42. The molecule has 0 radical (unpaired) electrons. The fourth-order valence-corrected chi connectivity index (χ4v) is 2.52. The van der Waals surface area contributed by atoms with Crippen LogP contribution in [0.5, 0.6) is 0 Å². The second-order valence-corrected chi connectivity index (χ2v) is 5.85. The molecule has 0 saturated carbocycles. The van der Waals surface area contributed by atoms with Gasteiger partial charge in [-0.1, -0.05) is 35.9 Å². The van der Waals surface area contributed by atoms with Gasteiger partial charge in [0.1, 0.15) is 0 Å². The minimum Gasteiger partial charge on any atom is -0.256 e. The van der Waals surface area contributed by atoms with Crippen LogP contribution >= 0.6 is 0 Å². The lowest BCUT2D eigenvalue weighted by Crippen LogP contribution is -1.82. The van der Waals surface area contributed by atoms with Crippen molar-refractivity contribution in [3.8, 4) is 0 Å². The van der Waals surface area contributed by atoms with Crippen LogP contribution in [0.25, 0.3) is 21.8 Å². The highest BCUT2D eigenvalue weighted by Gasteiger charge is 1.94. The zero-order chi connectivity index (χ0) is 16.2. The Bertz CT molecular complexity index is 917. The number of aromatic nitrogens is 2. The molecule has 2 aromatic heterocycles. The Morgan fingerprint density at radius 3 is 2.26 bits per heavy atom. The van der Waals surface area contributed by atoms with Gasteiger partial charge < -0.3 is 0 Å². The summed E-state index contributed by atoms with van der Waals surface area (Å²) in [6, 6.07) is 20.8. The minimum absolute atomic E-state index is 1.08. The van der Waals surface area contributed by atoms with Crippen molar-refractivity contribution in [3.63, 3.8) is 0 Å². The number of pyridine rings is 2. The molecule has 4 rings (SSSR count). The Morgan fingerprint density at radius 2 is 1.39 bits per heavy atom. The highest BCUT2D eigenvalue weighted by molar-refractivity contribution is 5.79. The van der Waals surface area contributed by atoms with E-state index in [0.717, 1.165) is 16.7 Å². The van der Waals surface area contributed by atoms with E-state index in [1.54, 1.807) is 0 Å². The summed E-state index contributed by atoms with van der Waals surface area (Å²) < 4.78 is 0. The number of rotatable bonds is 0. The van der Waals surface area contributed by atoms with E-state index >= 15 is 0 Å². The molecule has 0 aliphatic carbocycles. The minimum atomic E-state index is 1.08. The Kier molecular flexibility index (Phi) is 4.33. The van der Waals surface area contributed by atoms with E-state index in [4.69, 9.17) is 0 Å². The lowest BCUT2D eigenvalue weighted by Gasteiger charge is -1.99. The molecule has 2 nitrogen and oxygen atoms in total. The molecule has 0 bridgehead atoms. The van der Waals surface area contributed by atoms with Gasteiger partial charge in [0.25, 0.3) is 0 Å². The van der Waals surface area contributed by atoms with Crippen molar-refractivity contribution < 1.29 is 0 Å². The molecule has 0 saturated heterocycles. The van der Waals surface area contributed by atoms with Crippen LogP contribution in [0, 0.1) is 20.8 Å². The van der Waals surface area contributed by atoms with E-state index in [1.165, 1.54) is 21.9 Å². The molecule has 0 unspecified atom stereocenters. The molecule has 0 spiro atoms. The quantitative estimate of drug-likeness (QED) is 0.435. The van der Waals surface area contributed by atoms with E-state index < -0.39 is 0 Å². The van der Waals surface area contributed by atoms with Gasteiger partial charge in [0, 0.05) is 22.7 Å². The lowest BCUT2D eigenvalue weighted by molar-refractivity contribution is 1.25.